The summed E-state index contributed by atoms with van der Waals surface area (Å²) in [6.45, 7) is 11.2. The largest absolute Gasteiger partial charge is 0.0635 e. The summed E-state index contributed by atoms with van der Waals surface area (Å²) in [6.07, 6.45) is 2.42. The highest BCUT2D eigenvalue weighted by atomic mass is 28.1. The standard InChI is InChI=1S/C14H21Si/c1-9-10(2)12(4)14(7-6-8-15)13(5)11(9)3/h6-8H2,1-5H3. The Labute approximate surface area is 97.5 Å². The van der Waals surface area contributed by atoms with E-state index in [-0.39, 0.29) is 0 Å². The van der Waals surface area contributed by atoms with Crippen molar-refractivity contribution in [3.05, 3.63) is 33.4 Å². The van der Waals surface area contributed by atoms with E-state index in [2.05, 4.69) is 44.9 Å². The predicted octanol–water partition coefficient (Wildman–Crippen LogP) is 3.75. The summed E-state index contributed by atoms with van der Waals surface area (Å²) in [5.41, 5.74) is 8.97. The normalized spacial score (nSPS) is 10.8. The van der Waals surface area contributed by atoms with E-state index in [0.717, 1.165) is 6.04 Å². The fourth-order valence-corrected chi connectivity index (χ4v) is 2.39. The molecular weight excluding hydrogens is 196 g/mol. The molecule has 0 aliphatic carbocycles. The average molecular weight is 217 g/mol. The molecule has 0 spiro atoms. The maximum atomic E-state index is 3.55. The first-order chi connectivity index (χ1) is 7.00. The monoisotopic (exact) mass is 217 g/mol. The third-order valence-corrected chi connectivity index (χ3v) is 4.11. The molecule has 0 N–H and O–H groups in total. The van der Waals surface area contributed by atoms with Gasteiger partial charge in [-0.2, -0.15) is 0 Å². The summed E-state index contributed by atoms with van der Waals surface area (Å²) in [7, 11) is 3.55. The molecule has 1 heteroatoms. The second-order valence-electron chi connectivity index (χ2n) is 4.46. The first-order valence-electron chi connectivity index (χ1n) is 5.71. The maximum Gasteiger partial charge on any atom is 0.0222 e. The van der Waals surface area contributed by atoms with Crippen LogP contribution in [0.5, 0.6) is 0 Å². The highest BCUT2D eigenvalue weighted by Crippen LogP contribution is 2.27. The molecule has 0 saturated carbocycles. The second-order valence-corrected chi connectivity index (χ2v) is 4.96. The Hall–Kier alpha value is -0.563. The van der Waals surface area contributed by atoms with E-state index in [9.17, 15) is 0 Å². The zero-order chi connectivity index (χ0) is 11.6. The van der Waals surface area contributed by atoms with Gasteiger partial charge in [0.2, 0.25) is 0 Å². The van der Waals surface area contributed by atoms with Crippen LogP contribution < -0.4 is 0 Å². The van der Waals surface area contributed by atoms with Gasteiger partial charge in [-0.05, 0) is 74.4 Å². The van der Waals surface area contributed by atoms with Crippen molar-refractivity contribution in [3.8, 4) is 0 Å². The van der Waals surface area contributed by atoms with Crippen molar-refractivity contribution in [3.63, 3.8) is 0 Å². The van der Waals surface area contributed by atoms with Crippen molar-refractivity contribution in [1.82, 2.24) is 0 Å². The zero-order valence-electron chi connectivity index (χ0n) is 10.6. The van der Waals surface area contributed by atoms with E-state index in [1.807, 2.05) is 0 Å². The zero-order valence-corrected chi connectivity index (χ0v) is 11.6. The fourth-order valence-electron chi connectivity index (χ4n) is 2.22. The molecule has 15 heavy (non-hydrogen) atoms. The van der Waals surface area contributed by atoms with Crippen molar-refractivity contribution in [2.24, 2.45) is 0 Å². The van der Waals surface area contributed by atoms with Gasteiger partial charge in [0.1, 0.15) is 0 Å². The highest BCUT2D eigenvalue weighted by molar-refractivity contribution is 6.08. The molecule has 0 heterocycles. The van der Waals surface area contributed by atoms with Crippen LogP contribution in [0, 0.1) is 34.6 Å². The van der Waals surface area contributed by atoms with E-state index in [1.165, 1.54) is 40.7 Å². The first-order valence-corrected chi connectivity index (χ1v) is 6.41. The van der Waals surface area contributed by atoms with E-state index in [4.69, 9.17) is 0 Å². The molecule has 0 amide bonds. The summed E-state index contributed by atoms with van der Waals surface area (Å²) in [6, 6.07) is 1.09. The lowest BCUT2D eigenvalue weighted by Gasteiger charge is -2.18. The van der Waals surface area contributed by atoms with Crippen LogP contribution in [0.1, 0.15) is 39.8 Å². The van der Waals surface area contributed by atoms with Gasteiger partial charge in [-0.25, -0.2) is 0 Å². The molecule has 1 aromatic carbocycles. The molecule has 0 atom stereocenters. The van der Waals surface area contributed by atoms with Crippen LogP contribution in [-0.2, 0) is 6.42 Å². The van der Waals surface area contributed by atoms with E-state index in [1.54, 1.807) is 5.56 Å². The van der Waals surface area contributed by atoms with Crippen LogP contribution >= 0.6 is 0 Å². The van der Waals surface area contributed by atoms with Gasteiger partial charge in [0.25, 0.3) is 0 Å². The number of rotatable bonds is 3. The lowest BCUT2D eigenvalue weighted by atomic mass is 9.88. The van der Waals surface area contributed by atoms with Gasteiger partial charge in [0.05, 0.1) is 0 Å². The number of hydrogen-bond acceptors (Lipinski definition) is 0. The molecule has 0 nitrogen and oxygen atoms in total. The van der Waals surface area contributed by atoms with Crippen LogP contribution in [0.25, 0.3) is 0 Å². The van der Waals surface area contributed by atoms with Gasteiger partial charge in [0.15, 0.2) is 0 Å². The minimum Gasteiger partial charge on any atom is -0.0635 e. The van der Waals surface area contributed by atoms with Crippen molar-refractivity contribution in [2.45, 2.75) is 53.5 Å². The van der Waals surface area contributed by atoms with Crippen molar-refractivity contribution >= 4 is 10.2 Å². The Morgan fingerprint density at radius 1 is 0.733 bits per heavy atom. The van der Waals surface area contributed by atoms with Crippen LogP contribution in [0.15, 0.2) is 0 Å². The van der Waals surface area contributed by atoms with Crippen LogP contribution in [0.2, 0.25) is 6.04 Å². The molecule has 81 valence electrons. The molecule has 0 bridgehead atoms. The molecule has 0 saturated heterocycles. The Morgan fingerprint density at radius 3 is 1.53 bits per heavy atom. The quantitative estimate of drug-likeness (QED) is 0.677. The van der Waals surface area contributed by atoms with Crippen molar-refractivity contribution in [2.75, 3.05) is 0 Å². The molecular formula is C14H21Si. The highest BCUT2D eigenvalue weighted by Gasteiger charge is 2.11. The Kier molecular flexibility index (Phi) is 4.15. The van der Waals surface area contributed by atoms with Crippen LogP contribution in [0.3, 0.4) is 0 Å². The SMILES string of the molecule is Cc1c(C)c(C)c(CCC[Si])c(C)c1C. The maximum absolute atomic E-state index is 3.55. The summed E-state index contributed by atoms with van der Waals surface area (Å²) >= 11 is 0. The van der Waals surface area contributed by atoms with Gasteiger partial charge in [-0.15, -0.1) is 0 Å². The molecule has 1 aromatic rings. The second kappa shape index (κ2) is 4.98. The Bertz CT molecular complexity index is 335. The molecule has 0 aliphatic rings. The fraction of sp³-hybridized carbons (Fsp3) is 0.571. The topological polar surface area (TPSA) is 0 Å². The molecule has 0 aromatic heterocycles. The first kappa shape index (κ1) is 12.5. The van der Waals surface area contributed by atoms with Crippen LogP contribution in [-0.4, -0.2) is 10.2 Å². The molecule has 1 rings (SSSR count). The summed E-state index contributed by atoms with van der Waals surface area (Å²) in [4.78, 5) is 0. The van der Waals surface area contributed by atoms with Gasteiger partial charge in [-0.1, -0.05) is 12.5 Å². The van der Waals surface area contributed by atoms with Gasteiger partial charge < -0.3 is 0 Å². The minimum atomic E-state index is 1.09. The molecule has 0 unspecified atom stereocenters. The number of benzene rings is 1. The molecule has 0 aliphatic heterocycles. The minimum absolute atomic E-state index is 1.09. The Balaban J connectivity index is 3.26. The molecule has 3 radical (unpaired) electrons. The van der Waals surface area contributed by atoms with Crippen molar-refractivity contribution < 1.29 is 0 Å². The number of hydrogen-bond donors (Lipinski definition) is 0. The van der Waals surface area contributed by atoms with Gasteiger partial charge in [0, 0.05) is 10.2 Å². The average Bonchev–Trinajstić information content (AvgIpc) is 2.24. The third-order valence-electron chi connectivity index (χ3n) is 3.76. The lowest BCUT2D eigenvalue weighted by Crippen LogP contribution is -2.02. The third kappa shape index (κ3) is 2.33. The Morgan fingerprint density at radius 2 is 1.13 bits per heavy atom. The van der Waals surface area contributed by atoms with E-state index in [0.29, 0.717) is 0 Å². The summed E-state index contributed by atoms with van der Waals surface area (Å²) in [5, 5.41) is 0. The van der Waals surface area contributed by atoms with Gasteiger partial charge >= 0.3 is 0 Å². The summed E-state index contributed by atoms with van der Waals surface area (Å²) < 4.78 is 0. The van der Waals surface area contributed by atoms with Gasteiger partial charge in [-0.3, -0.25) is 0 Å². The van der Waals surface area contributed by atoms with E-state index < -0.39 is 0 Å². The van der Waals surface area contributed by atoms with E-state index >= 15 is 0 Å². The summed E-state index contributed by atoms with van der Waals surface area (Å²) in [5.74, 6) is 0. The van der Waals surface area contributed by atoms with Crippen molar-refractivity contribution in [1.29, 1.82) is 0 Å². The predicted molar refractivity (Wildman–Crippen MR) is 69.0 cm³/mol. The lowest BCUT2D eigenvalue weighted by molar-refractivity contribution is 0.891. The molecule has 0 fully saturated rings. The van der Waals surface area contributed by atoms with Crippen LogP contribution in [0.4, 0.5) is 0 Å². The smallest absolute Gasteiger partial charge is 0.0222 e.